The van der Waals surface area contributed by atoms with Gasteiger partial charge in [0.2, 0.25) is 0 Å². The quantitative estimate of drug-likeness (QED) is 0.433. The fourth-order valence-electron chi connectivity index (χ4n) is 2.89. The number of hydrogen-bond donors (Lipinski definition) is 4. The molecule has 3 aromatic rings. The smallest absolute Gasteiger partial charge is 0.320 e. The van der Waals surface area contributed by atoms with Crippen molar-refractivity contribution < 1.29 is 27.2 Å². The van der Waals surface area contributed by atoms with Crippen molar-refractivity contribution in [1.29, 1.82) is 0 Å². The van der Waals surface area contributed by atoms with E-state index in [0.29, 0.717) is 5.39 Å². The van der Waals surface area contributed by atoms with E-state index in [4.69, 9.17) is 8.85 Å². The normalized spacial score (nSPS) is 13.0. The third-order valence-electron chi connectivity index (χ3n) is 4.25. The fourth-order valence-corrected chi connectivity index (χ4v) is 2.89. The zero-order valence-corrected chi connectivity index (χ0v) is 17.3. The third kappa shape index (κ3) is 4.82. The van der Waals surface area contributed by atoms with E-state index >= 15 is 0 Å². The first-order valence-corrected chi connectivity index (χ1v) is 9.16. The highest BCUT2D eigenvalue weighted by molar-refractivity contribution is 6.01. The molecule has 4 N–H and O–H groups in total. The lowest BCUT2D eigenvalue weighted by Gasteiger charge is -2.16. The first-order valence-electron chi connectivity index (χ1n) is 10.7. The Hall–Kier alpha value is -4.03. The van der Waals surface area contributed by atoms with Crippen LogP contribution in [0.3, 0.4) is 0 Å². The van der Waals surface area contributed by atoms with Crippen LogP contribution in [0.1, 0.15) is 21.4 Å². The van der Waals surface area contributed by atoms with Gasteiger partial charge in [0.05, 0.1) is 24.6 Å². The number of carbonyl (C=O) groups is 2. The molecule has 3 rings (SSSR count). The number of fused-ring (bicyclic) bond motifs is 1. The molecule has 0 spiro atoms. The Morgan fingerprint density at radius 1 is 1.25 bits per heavy atom. The van der Waals surface area contributed by atoms with Gasteiger partial charge in [0, 0.05) is 48.9 Å². The summed E-state index contributed by atoms with van der Waals surface area (Å²) in [5.74, 6) is -3.96. The minimum Gasteiger partial charge on any atom is -0.491 e. The molecule has 0 aromatic carbocycles. The van der Waals surface area contributed by atoms with Crippen molar-refractivity contribution in [3.63, 3.8) is 0 Å². The number of pyridine rings is 2. The number of methoxy groups -OCH3 is 1. The van der Waals surface area contributed by atoms with E-state index in [1.807, 2.05) is 5.32 Å². The molecule has 0 fully saturated rings. The second kappa shape index (κ2) is 8.99. The summed E-state index contributed by atoms with van der Waals surface area (Å²) in [5.41, 5.74) is 0.0316. The topological polar surface area (TPSA) is 135 Å². The number of alkyl halides is 2. The SMILES string of the molecule is [2H]C([2H])([2H])NC(=O)c1cnc(NC(=O)NC)cc1Nc1ncc2cnn(CC(C)(F)F)c2c1OC. The van der Waals surface area contributed by atoms with Crippen LogP contribution in [0.25, 0.3) is 10.9 Å². The molecule has 3 heterocycles. The van der Waals surface area contributed by atoms with E-state index in [2.05, 4.69) is 31.0 Å². The molecule has 170 valence electrons. The van der Waals surface area contributed by atoms with E-state index < -0.39 is 31.4 Å². The summed E-state index contributed by atoms with van der Waals surface area (Å²) in [6.45, 7) is -2.75. The molecule has 0 saturated heterocycles. The van der Waals surface area contributed by atoms with Crippen molar-refractivity contribution in [3.8, 4) is 5.75 Å². The highest BCUT2D eigenvalue weighted by atomic mass is 19.3. The number of halogens is 2. The number of rotatable bonds is 7. The number of nitrogens with one attached hydrogen (secondary N) is 4. The molecular weight excluding hydrogens is 426 g/mol. The zero-order chi connectivity index (χ0) is 26.0. The van der Waals surface area contributed by atoms with Gasteiger partial charge < -0.3 is 20.7 Å². The van der Waals surface area contributed by atoms with E-state index in [-0.39, 0.29) is 34.2 Å². The van der Waals surface area contributed by atoms with Crippen LogP contribution in [-0.4, -0.2) is 58.7 Å². The van der Waals surface area contributed by atoms with Crippen LogP contribution in [0.15, 0.2) is 24.7 Å². The van der Waals surface area contributed by atoms with Crippen LogP contribution < -0.4 is 26.0 Å². The summed E-state index contributed by atoms with van der Waals surface area (Å²) in [7, 11) is 2.69. The van der Waals surface area contributed by atoms with Crippen molar-refractivity contribution in [3.05, 3.63) is 30.2 Å². The Kier molecular flexibility index (Phi) is 5.26. The van der Waals surface area contributed by atoms with Crippen molar-refractivity contribution >= 4 is 40.2 Å². The number of carbonyl (C=O) groups excluding carboxylic acids is 2. The van der Waals surface area contributed by atoms with Gasteiger partial charge in [0.15, 0.2) is 11.6 Å². The predicted octanol–water partition coefficient (Wildman–Crippen LogP) is 2.34. The van der Waals surface area contributed by atoms with Gasteiger partial charge in [0.1, 0.15) is 17.9 Å². The lowest BCUT2D eigenvalue weighted by Crippen LogP contribution is -2.25. The summed E-state index contributed by atoms with van der Waals surface area (Å²) >= 11 is 0. The van der Waals surface area contributed by atoms with Gasteiger partial charge in [-0.1, -0.05) is 0 Å². The van der Waals surface area contributed by atoms with Crippen molar-refractivity contribution in [1.82, 2.24) is 30.4 Å². The number of nitrogens with zero attached hydrogens (tertiary/aromatic N) is 4. The number of ether oxygens (including phenoxy) is 1. The van der Waals surface area contributed by atoms with Crippen LogP contribution in [0.4, 0.5) is 30.9 Å². The number of amides is 3. The monoisotopic (exact) mass is 451 g/mol. The van der Waals surface area contributed by atoms with E-state index in [9.17, 15) is 18.4 Å². The van der Waals surface area contributed by atoms with Crippen molar-refractivity contribution in [2.75, 3.05) is 31.8 Å². The number of aromatic nitrogens is 4. The Morgan fingerprint density at radius 2 is 2.03 bits per heavy atom. The molecule has 0 aliphatic carbocycles. The Labute approximate surface area is 185 Å². The average Bonchev–Trinajstić information content (AvgIpc) is 3.13. The van der Waals surface area contributed by atoms with Crippen LogP contribution in [0.5, 0.6) is 5.75 Å². The fraction of sp³-hybridized carbons (Fsp3) is 0.316. The summed E-state index contributed by atoms with van der Waals surface area (Å²) in [6.07, 6.45) is 3.78. The summed E-state index contributed by atoms with van der Waals surface area (Å²) in [5, 5.41) is 13.9. The van der Waals surface area contributed by atoms with E-state index in [1.165, 1.54) is 32.6 Å². The number of anilines is 3. The molecule has 11 nitrogen and oxygen atoms in total. The van der Waals surface area contributed by atoms with Crippen LogP contribution in [0.2, 0.25) is 0 Å². The molecule has 0 radical (unpaired) electrons. The highest BCUT2D eigenvalue weighted by Gasteiger charge is 2.26. The Morgan fingerprint density at radius 3 is 2.69 bits per heavy atom. The second-order valence-corrected chi connectivity index (χ2v) is 6.71. The minimum atomic E-state index is -3.06. The zero-order valence-electron chi connectivity index (χ0n) is 20.3. The molecule has 3 amide bonds. The van der Waals surface area contributed by atoms with Gasteiger partial charge in [-0.25, -0.2) is 23.5 Å². The molecule has 3 aromatic heterocycles. The standard InChI is InChI=1S/C19H22F2N8O3/c1-19(20,21)9-29-14-10(7-26-29)6-25-16(15(14)32-4)27-12-5-13(28-18(31)23-3)24-8-11(12)17(30)22-2/h5-8H,9H2,1-4H3,(H,22,30)(H3,23,24,25,27,28,31)/i2D3. The van der Waals surface area contributed by atoms with Crippen molar-refractivity contribution in [2.45, 2.75) is 19.4 Å². The van der Waals surface area contributed by atoms with Crippen LogP contribution in [0, 0.1) is 0 Å². The number of urea groups is 1. The maximum Gasteiger partial charge on any atom is 0.320 e. The first kappa shape index (κ1) is 18.7. The average molecular weight is 451 g/mol. The second-order valence-electron chi connectivity index (χ2n) is 6.71. The molecule has 0 aliphatic heterocycles. The van der Waals surface area contributed by atoms with Gasteiger partial charge in [-0.15, -0.1) is 0 Å². The summed E-state index contributed by atoms with van der Waals surface area (Å²) < 4.78 is 55.7. The molecular formula is C19H22F2N8O3. The first-order chi connectivity index (χ1) is 16.3. The third-order valence-corrected chi connectivity index (χ3v) is 4.25. The Balaban J connectivity index is 2.10. The highest BCUT2D eigenvalue weighted by Crippen LogP contribution is 2.35. The summed E-state index contributed by atoms with van der Waals surface area (Å²) in [6, 6.07) is 0.677. The Bertz CT molecular complexity index is 1260. The van der Waals surface area contributed by atoms with E-state index in [1.54, 1.807) is 0 Å². The van der Waals surface area contributed by atoms with Gasteiger partial charge in [-0.05, 0) is 0 Å². The largest absolute Gasteiger partial charge is 0.491 e. The van der Waals surface area contributed by atoms with Crippen LogP contribution >= 0.6 is 0 Å². The van der Waals surface area contributed by atoms with Gasteiger partial charge in [-0.2, -0.15) is 5.10 Å². The summed E-state index contributed by atoms with van der Waals surface area (Å²) in [4.78, 5) is 32.5. The number of hydrogen-bond acceptors (Lipinski definition) is 7. The minimum absolute atomic E-state index is 0.00481. The van der Waals surface area contributed by atoms with E-state index in [0.717, 1.165) is 17.8 Å². The van der Waals surface area contributed by atoms with Gasteiger partial charge in [-0.3, -0.25) is 14.8 Å². The maximum absolute atomic E-state index is 13.7. The molecule has 13 heteroatoms. The van der Waals surface area contributed by atoms with Crippen molar-refractivity contribution in [2.24, 2.45) is 0 Å². The molecule has 0 unspecified atom stereocenters. The molecule has 0 saturated carbocycles. The van der Waals surface area contributed by atoms with Gasteiger partial charge >= 0.3 is 6.03 Å². The molecule has 0 bridgehead atoms. The van der Waals surface area contributed by atoms with Crippen LogP contribution in [-0.2, 0) is 6.54 Å². The predicted molar refractivity (Wildman–Crippen MR) is 114 cm³/mol. The molecule has 0 atom stereocenters. The molecule has 32 heavy (non-hydrogen) atoms. The molecule has 0 aliphatic rings. The lowest BCUT2D eigenvalue weighted by atomic mass is 10.2. The van der Waals surface area contributed by atoms with Gasteiger partial charge in [0.25, 0.3) is 11.8 Å². The maximum atomic E-state index is 13.7. The lowest BCUT2D eigenvalue weighted by molar-refractivity contribution is 0.00174.